The molecule has 0 aliphatic heterocycles. The van der Waals surface area contributed by atoms with Crippen molar-refractivity contribution in [3.63, 3.8) is 0 Å². The molecule has 1 N–H and O–H groups in total. The second-order valence-electron chi connectivity index (χ2n) is 6.14. The van der Waals surface area contributed by atoms with E-state index in [-0.39, 0.29) is 5.91 Å². The zero-order valence-electron chi connectivity index (χ0n) is 15.8. The number of hydrogen-bond acceptors (Lipinski definition) is 5. The first-order valence-electron chi connectivity index (χ1n) is 9.02. The molecule has 0 aliphatic rings. The van der Waals surface area contributed by atoms with Crippen LogP contribution in [-0.4, -0.2) is 38.8 Å². The number of nitrogens with one attached hydrogen (secondary N) is 1. The maximum absolute atomic E-state index is 12.6. The van der Waals surface area contributed by atoms with Crippen molar-refractivity contribution >= 4 is 17.5 Å². The van der Waals surface area contributed by atoms with Crippen molar-refractivity contribution in [3.8, 4) is 11.3 Å². The van der Waals surface area contributed by atoms with Gasteiger partial charge in [-0.2, -0.15) is 0 Å². The lowest BCUT2D eigenvalue weighted by molar-refractivity contribution is 0.0773. The molecule has 0 saturated carbocycles. The summed E-state index contributed by atoms with van der Waals surface area (Å²) in [5, 5.41) is 3.24. The van der Waals surface area contributed by atoms with E-state index in [2.05, 4.69) is 20.3 Å². The average molecular weight is 361 g/mol. The minimum Gasteiger partial charge on any atom is -0.339 e. The van der Waals surface area contributed by atoms with Gasteiger partial charge in [0.15, 0.2) is 0 Å². The molecular weight excluding hydrogens is 338 g/mol. The molecule has 0 saturated heterocycles. The molecule has 0 spiro atoms. The van der Waals surface area contributed by atoms with Gasteiger partial charge in [0.05, 0.1) is 5.69 Å². The number of benzene rings is 1. The van der Waals surface area contributed by atoms with E-state index in [1.54, 1.807) is 23.5 Å². The van der Waals surface area contributed by atoms with Crippen LogP contribution >= 0.6 is 0 Å². The number of anilines is 2. The molecular formula is C21H23N5O. The average Bonchev–Trinajstić information content (AvgIpc) is 2.71. The van der Waals surface area contributed by atoms with Crippen molar-refractivity contribution in [2.24, 2.45) is 0 Å². The molecule has 0 aliphatic carbocycles. The van der Waals surface area contributed by atoms with Crippen LogP contribution in [0.25, 0.3) is 11.3 Å². The number of rotatable bonds is 6. The van der Waals surface area contributed by atoms with E-state index in [9.17, 15) is 4.79 Å². The van der Waals surface area contributed by atoms with Crippen LogP contribution < -0.4 is 5.32 Å². The number of aromatic nitrogens is 3. The van der Waals surface area contributed by atoms with Crippen LogP contribution in [0.3, 0.4) is 0 Å². The Morgan fingerprint density at radius 1 is 1.11 bits per heavy atom. The molecule has 1 amide bonds. The summed E-state index contributed by atoms with van der Waals surface area (Å²) >= 11 is 0. The number of carbonyl (C=O) groups excluding carboxylic acids is 1. The van der Waals surface area contributed by atoms with Crippen LogP contribution in [0, 0.1) is 6.92 Å². The molecule has 0 unspecified atom stereocenters. The first-order chi connectivity index (χ1) is 13.1. The van der Waals surface area contributed by atoms with Gasteiger partial charge >= 0.3 is 0 Å². The van der Waals surface area contributed by atoms with Crippen molar-refractivity contribution in [1.29, 1.82) is 0 Å². The quantitative estimate of drug-likeness (QED) is 0.716. The molecule has 3 aromatic rings. The number of nitrogens with zero attached hydrogens (tertiary/aromatic N) is 4. The minimum absolute atomic E-state index is 0.0214. The summed E-state index contributed by atoms with van der Waals surface area (Å²) in [6.07, 6.45) is 5.20. The van der Waals surface area contributed by atoms with Crippen molar-refractivity contribution in [3.05, 3.63) is 66.1 Å². The SMILES string of the molecule is CCN(CC)C(=O)c1ccc(C)c(Nc2nccc(-c3cccnc3)n2)c1. The normalized spacial score (nSPS) is 10.5. The van der Waals surface area contributed by atoms with Gasteiger partial charge in [0.25, 0.3) is 5.91 Å². The molecule has 3 rings (SSSR count). The first-order valence-corrected chi connectivity index (χ1v) is 9.02. The predicted octanol–water partition coefficient (Wildman–Crippen LogP) is 4.07. The summed E-state index contributed by atoms with van der Waals surface area (Å²) in [6, 6.07) is 11.3. The number of aryl methyl sites for hydroxylation is 1. The van der Waals surface area contributed by atoms with Crippen molar-refractivity contribution in [2.45, 2.75) is 20.8 Å². The standard InChI is InChI=1S/C21H23N5O/c1-4-26(5-2)20(27)16-9-8-15(3)19(13-16)25-21-23-12-10-18(24-21)17-7-6-11-22-14-17/h6-14H,4-5H2,1-3H3,(H,23,24,25). The molecule has 0 bridgehead atoms. The maximum atomic E-state index is 12.6. The van der Waals surface area contributed by atoms with Gasteiger partial charge in [0.1, 0.15) is 0 Å². The fourth-order valence-electron chi connectivity index (χ4n) is 2.80. The van der Waals surface area contributed by atoms with Gasteiger partial charge in [0, 0.05) is 48.5 Å². The minimum atomic E-state index is 0.0214. The molecule has 0 radical (unpaired) electrons. The van der Waals surface area contributed by atoms with E-state index in [4.69, 9.17) is 0 Å². The maximum Gasteiger partial charge on any atom is 0.253 e. The lowest BCUT2D eigenvalue weighted by Crippen LogP contribution is -2.30. The number of amides is 1. The van der Waals surface area contributed by atoms with Gasteiger partial charge in [-0.25, -0.2) is 9.97 Å². The molecule has 138 valence electrons. The Balaban J connectivity index is 1.88. The molecule has 6 heteroatoms. The van der Waals surface area contributed by atoms with Crippen molar-refractivity contribution in [1.82, 2.24) is 19.9 Å². The summed E-state index contributed by atoms with van der Waals surface area (Å²) in [5.74, 6) is 0.500. The molecule has 2 heterocycles. The Labute approximate surface area is 159 Å². The summed E-state index contributed by atoms with van der Waals surface area (Å²) in [6.45, 7) is 7.31. The van der Waals surface area contributed by atoms with E-state index >= 15 is 0 Å². The van der Waals surface area contributed by atoms with E-state index in [1.807, 2.05) is 57.2 Å². The summed E-state index contributed by atoms with van der Waals surface area (Å²) < 4.78 is 0. The number of pyridine rings is 1. The Morgan fingerprint density at radius 2 is 1.93 bits per heavy atom. The third-order valence-electron chi connectivity index (χ3n) is 4.39. The van der Waals surface area contributed by atoms with Crippen LogP contribution in [0.1, 0.15) is 29.8 Å². The van der Waals surface area contributed by atoms with E-state index in [0.717, 1.165) is 22.5 Å². The molecule has 27 heavy (non-hydrogen) atoms. The van der Waals surface area contributed by atoms with Gasteiger partial charge in [0.2, 0.25) is 5.95 Å². The summed E-state index contributed by atoms with van der Waals surface area (Å²) in [5.41, 5.74) is 4.19. The monoisotopic (exact) mass is 361 g/mol. The molecule has 0 atom stereocenters. The number of hydrogen-bond donors (Lipinski definition) is 1. The van der Waals surface area contributed by atoms with Crippen LogP contribution in [0.5, 0.6) is 0 Å². The third-order valence-corrected chi connectivity index (χ3v) is 4.39. The third kappa shape index (κ3) is 4.28. The highest BCUT2D eigenvalue weighted by molar-refractivity contribution is 5.95. The highest BCUT2D eigenvalue weighted by Crippen LogP contribution is 2.23. The van der Waals surface area contributed by atoms with E-state index in [1.165, 1.54) is 0 Å². The van der Waals surface area contributed by atoms with E-state index < -0.39 is 0 Å². The molecule has 2 aromatic heterocycles. The number of carbonyl (C=O) groups is 1. The predicted molar refractivity (Wildman–Crippen MR) is 107 cm³/mol. The molecule has 1 aromatic carbocycles. The van der Waals surface area contributed by atoms with E-state index in [0.29, 0.717) is 24.6 Å². The van der Waals surface area contributed by atoms with Gasteiger partial charge < -0.3 is 10.2 Å². The van der Waals surface area contributed by atoms with Crippen LogP contribution in [0.4, 0.5) is 11.6 Å². The van der Waals surface area contributed by atoms with Gasteiger partial charge in [-0.15, -0.1) is 0 Å². The Morgan fingerprint density at radius 3 is 2.63 bits per heavy atom. The lowest BCUT2D eigenvalue weighted by Gasteiger charge is -2.19. The van der Waals surface area contributed by atoms with Crippen LogP contribution in [-0.2, 0) is 0 Å². The van der Waals surface area contributed by atoms with Gasteiger partial charge in [-0.1, -0.05) is 6.07 Å². The Kier molecular flexibility index (Phi) is 5.76. The topological polar surface area (TPSA) is 71.0 Å². The summed E-state index contributed by atoms with van der Waals surface area (Å²) in [4.78, 5) is 27.4. The molecule has 0 fully saturated rings. The highest BCUT2D eigenvalue weighted by atomic mass is 16.2. The van der Waals surface area contributed by atoms with Crippen LogP contribution in [0.15, 0.2) is 55.0 Å². The fraction of sp³-hybridized carbons (Fsp3) is 0.238. The van der Waals surface area contributed by atoms with Gasteiger partial charge in [-0.05, 0) is 56.7 Å². The zero-order chi connectivity index (χ0) is 19.2. The smallest absolute Gasteiger partial charge is 0.253 e. The summed E-state index contributed by atoms with van der Waals surface area (Å²) in [7, 11) is 0. The first kappa shape index (κ1) is 18.5. The Hall–Kier alpha value is -3.28. The van der Waals surface area contributed by atoms with Crippen molar-refractivity contribution in [2.75, 3.05) is 18.4 Å². The second kappa shape index (κ2) is 8.40. The largest absolute Gasteiger partial charge is 0.339 e. The fourth-order valence-corrected chi connectivity index (χ4v) is 2.80. The van der Waals surface area contributed by atoms with Crippen LogP contribution in [0.2, 0.25) is 0 Å². The Bertz CT molecular complexity index is 923. The molecule has 6 nitrogen and oxygen atoms in total. The zero-order valence-corrected chi connectivity index (χ0v) is 15.8. The highest BCUT2D eigenvalue weighted by Gasteiger charge is 2.14. The van der Waals surface area contributed by atoms with Crippen molar-refractivity contribution < 1.29 is 4.79 Å². The van der Waals surface area contributed by atoms with Gasteiger partial charge in [-0.3, -0.25) is 9.78 Å². The lowest BCUT2D eigenvalue weighted by atomic mass is 10.1. The second-order valence-corrected chi connectivity index (χ2v) is 6.14.